The lowest BCUT2D eigenvalue weighted by atomic mass is 10.1. The summed E-state index contributed by atoms with van der Waals surface area (Å²) in [5.74, 6) is 1.21. The maximum absolute atomic E-state index is 5.37. The van der Waals surface area contributed by atoms with Crippen LogP contribution in [0.4, 0.5) is 5.82 Å². The minimum absolute atomic E-state index is 0.328. The predicted octanol–water partition coefficient (Wildman–Crippen LogP) is 3.48. The molecule has 0 amide bonds. The van der Waals surface area contributed by atoms with E-state index in [1.807, 2.05) is 6.92 Å². The van der Waals surface area contributed by atoms with E-state index in [2.05, 4.69) is 41.0 Å². The number of aromatic nitrogens is 3. The Kier molecular flexibility index (Phi) is 4.42. The van der Waals surface area contributed by atoms with E-state index in [0.717, 1.165) is 28.6 Å². The Labute approximate surface area is 117 Å². The standard InChI is InChI=1S/C13H18N4OS/c1-5-14-11-10(8(2)3)12(16-7-15-11)19-13-17-9(4)6-18-13/h6-8H,5H2,1-4H3,(H,14,15,16). The SMILES string of the molecule is CCNc1ncnc(Sc2nc(C)co2)c1C(C)C. The lowest BCUT2D eigenvalue weighted by Gasteiger charge is -2.14. The van der Waals surface area contributed by atoms with E-state index in [-0.39, 0.29) is 0 Å². The molecule has 0 saturated heterocycles. The quantitative estimate of drug-likeness (QED) is 0.845. The largest absolute Gasteiger partial charge is 0.439 e. The molecule has 0 aliphatic carbocycles. The number of anilines is 1. The Balaban J connectivity index is 2.35. The summed E-state index contributed by atoms with van der Waals surface area (Å²) in [4.78, 5) is 13.0. The predicted molar refractivity (Wildman–Crippen MR) is 75.6 cm³/mol. The number of rotatable bonds is 5. The van der Waals surface area contributed by atoms with Crippen molar-refractivity contribution in [1.29, 1.82) is 0 Å². The van der Waals surface area contributed by atoms with Gasteiger partial charge in [-0.25, -0.2) is 15.0 Å². The smallest absolute Gasteiger partial charge is 0.262 e. The number of nitrogens with one attached hydrogen (secondary N) is 1. The average Bonchev–Trinajstić information content (AvgIpc) is 2.75. The van der Waals surface area contributed by atoms with Crippen LogP contribution < -0.4 is 5.32 Å². The van der Waals surface area contributed by atoms with Crippen LogP contribution in [0.25, 0.3) is 0 Å². The zero-order chi connectivity index (χ0) is 13.8. The second kappa shape index (κ2) is 6.06. The first kappa shape index (κ1) is 13.9. The molecule has 1 N–H and O–H groups in total. The molecule has 0 fully saturated rings. The van der Waals surface area contributed by atoms with Gasteiger partial charge in [0.2, 0.25) is 0 Å². The number of hydrogen-bond acceptors (Lipinski definition) is 6. The second-order valence-electron chi connectivity index (χ2n) is 4.48. The van der Waals surface area contributed by atoms with Crippen LogP contribution in [0.5, 0.6) is 0 Å². The summed E-state index contributed by atoms with van der Waals surface area (Å²) in [6, 6.07) is 0. The van der Waals surface area contributed by atoms with Gasteiger partial charge >= 0.3 is 0 Å². The zero-order valence-corrected chi connectivity index (χ0v) is 12.4. The van der Waals surface area contributed by atoms with Gasteiger partial charge in [0.15, 0.2) is 0 Å². The lowest BCUT2D eigenvalue weighted by molar-refractivity contribution is 0.453. The van der Waals surface area contributed by atoms with Crippen LogP contribution in [-0.4, -0.2) is 21.5 Å². The molecule has 5 nitrogen and oxygen atoms in total. The van der Waals surface area contributed by atoms with E-state index in [1.54, 1.807) is 12.6 Å². The highest BCUT2D eigenvalue weighted by Crippen LogP contribution is 2.34. The summed E-state index contributed by atoms with van der Waals surface area (Å²) in [5.41, 5.74) is 1.97. The van der Waals surface area contributed by atoms with Crippen LogP contribution >= 0.6 is 11.8 Å². The number of hydrogen-bond donors (Lipinski definition) is 1. The first-order chi connectivity index (χ1) is 9.11. The summed E-state index contributed by atoms with van der Waals surface area (Å²) in [7, 11) is 0. The summed E-state index contributed by atoms with van der Waals surface area (Å²) < 4.78 is 5.37. The molecule has 2 aromatic heterocycles. The molecule has 0 aliphatic heterocycles. The van der Waals surface area contributed by atoms with Crippen molar-refractivity contribution in [2.24, 2.45) is 0 Å². The van der Waals surface area contributed by atoms with Crippen molar-refractivity contribution >= 4 is 17.6 Å². The van der Waals surface area contributed by atoms with Gasteiger partial charge in [-0.15, -0.1) is 0 Å². The average molecular weight is 278 g/mol. The summed E-state index contributed by atoms with van der Waals surface area (Å²) >= 11 is 1.43. The van der Waals surface area contributed by atoms with Crippen LogP contribution in [0.2, 0.25) is 0 Å². The molecule has 0 aliphatic rings. The van der Waals surface area contributed by atoms with Gasteiger partial charge < -0.3 is 9.73 Å². The third-order valence-corrected chi connectivity index (χ3v) is 3.43. The summed E-state index contributed by atoms with van der Waals surface area (Å²) in [5, 5.41) is 4.78. The van der Waals surface area contributed by atoms with Crippen molar-refractivity contribution in [3.05, 3.63) is 23.8 Å². The van der Waals surface area contributed by atoms with E-state index in [1.165, 1.54) is 11.8 Å². The maximum atomic E-state index is 5.37. The molecule has 102 valence electrons. The molecule has 0 radical (unpaired) electrons. The van der Waals surface area contributed by atoms with Gasteiger partial charge in [0, 0.05) is 12.1 Å². The number of aryl methyl sites for hydroxylation is 1. The molecule has 0 spiro atoms. The van der Waals surface area contributed by atoms with Crippen LogP contribution in [-0.2, 0) is 0 Å². The molecule has 0 bridgehead atoms. The molecular weight excluding hydrogens is 260 g/mol. The Morgan fingerprint density at radius 2 is 2.16 bits per heavy atom. The number of nitrogens with zero attached hydrogens (tertiary/aromatic N) is 3. The fourth-order valence-corrected chi connectivity index (χ4v) is 2.74. The third kappa shape index (κ3) is 3.26. The Morgan fingerprint density at radius 1 is 1.37 bits per heavy atom. The van der Waals surface area contributed by atoms with Gasteiger partial charge in [-0.05, 0) is 31.5 Å². The van der Waals surface area contributed by atoms with Gasteiger partial charge in [-0.2, -0.15) is 0 Å². The van der Waals surface area contributed by atoms with Gasteiger partial charge in [0.25, 0.3) is 5.22 Å². The topological polar surface area (TPSA) is 63.8 Å². The van der Waals surface area contributed by atoms with E-state index in [9.17, 15) is 0 Å². The van der Waals surface area contributed by atoms with Crippen molar-refractivity contribution in [3.8, 4) is 0 Å². The highest BCUT2D eigenvalue weighted by atomic mass is 32.2. The first-order valence-corrected chi connectivity index (χ1v) is 7.12. The molecule has 19 heavy (non-hydrogen) atoms. The van der Waals surface area contributed by atoms with Crippen molar-refractivity contribution in [3.63, 3.8) is 0 Å². The van der Waals surface area contributed by atoms with Crippen LogP contribution in [0.15, 0.2) is 27.3 Å². The van der Waals surface area contributed by atoms with Crippen LogP contribution in [0.3, 0.4) is 0 Å². The molecular formula is C13H18N4OS. The van der Waals surface area contributed by atoms with Gasteiger partial charge in [-0.1, -0.05) is 13.8 Å². The molecule has 0 aromatic carbocycles. The molecule has 2 aromatic rings. The first-order valence-electron chi connectivity index (χ1n) is 6.30. The Hall–Kier alpha value is -1.56. The van der Waals surface area contributed by atoms with Crippen molar-refractivity contribution in [2.45, 2.75) is 43.9 Å². The lowest BCUT2D eigenvalue weighted by Crippen LogP contribution is -2.07. The molecule has 0 saturated carbocycles. The fourth-order valence-electron chi connectivity index (χ4n) is 1.75. The van der Waals surface area contributed by atoms with E-state index >= 15 is 0 Å². The fraction of sp³-hybridized carbons (Fsp3) is 0.462. The van der Waals surface area contributed by atoms with E-state index in [4.69, 9.17) is 4.42 Å². The molecule has 6 heteroatoms. The van der Waals surface area contributed by atoms with Crippen molar-refractivity contribution < 1.29 is 4.42 Å². The van der Waals surface area contributed by atoms with E-state index < -0.39 is 0 Å². The molecule has 0 atom stereocenters. The Morgan fingerprint density at radius 3 is 2.74 bits per heavy atom. The maximum Gasteiger partial charge on any atom is 0.262 e. The molecule has 0 unspecified atom stereocenters. The van der Waals surface area contributed by atoms with Crippen molar-refractivity contribution in [1.82, 2.24) is 15.0 Å². The van der Waals surface area contributed by atoms with Crippen LogP contribution in [0, 0.1) is 6.92 Å². The monoisotopic (exact) mass is 278 g/mol. The highest BCUT2D eigenvalue weighted by Gasteiger charge is 2.17. The van der Waals surface area contributed by atoms with Gasteiger partial charge in [0.1, 0.15) is 23.4 Å². The van der Waals surface area contributed by atoms with Gasteiger partial charge in [-0.3, -0.25) is 0 Å². The molecule has 2 heterocycles. The van der Waals surface area contributed by atoms with E-state index in [0.29, 0.717) is 11.1 Å². The summed E-state index contributed by atoms with van der Waals surface area (Å²) in [6.45, 7) is 9.05. The Bertz CT molecular complexity index is 553. The normalized spacial score (nSPS) is 11.0. The van der Waals surface area contributed by atoms with Crippen LogP contribution in [0.1, 0.15) is 37.9 Å². The molecule has 2 rings (SSSR count). The third-order valence-electron chi connectivity index (χ3n) is 2.55. The van der Waals surface area contributed by atoms with Crippen molar-refractivity contribution in [2.75, 3.05) is 11.9 Å². The second-order valence-corrected chi connectivity index (χ2v) is 5.42. The summed E-state index contributed by atoms with van der Waals surface area (Å²) in [6.07, 6.45) is 3.21. The highest BCUT2D eigenvalue weighted by molar-refractivity contribution is 7.99. The minimum atomic E-state index is 0.328. The number of oxazole rings is 1. The zero-order valence-electron chi connectivity index (χ0n) is 11.6. The van der Waals surface area contributed by atoms with Gasteiger partial charge in [0.05, 0.1) is 5.69 Å². The minimum Gasteiger partial charge on any atom is -0.439 e.